The maximum atomic E-state index is 14.0. The number of rotatable bonds is 48. The van der Waals surface area contributed by atoms with Crippen molar-refractivity contribution in [3.8, 4) is 0 Å². The number of hydrogen-bond acceptors (Lipinski definition) is 15. The molecule has 22 heteroatoms. The van der Waals surface area contributed by atoms with Crippen molar-refractivity contribution < 1.29 is 48.2 Å². The molecule has 0 aromatic heterocycles. The first kappa shape index (κ1) is 67.9. The summed E-state index contributed by atoms with van der Waals surface area (Å²) < 4.78 is 5.38. The van der Waals surface area contributed by atoms with E-state index in [1.165, 1.54) is 82.9 Å². The van der Waals surface area contributed by atoms with Crippen molar-refractivity contribution in [1.29, 1.82) is 0 Å². The van der Waals surface area contributed by atoms with Crippen molar-refractivity contribution in [3.63, 3.8) is 0 Å². The average Bonchev–Trinajstić information content (AvgIpc) is 3.34. The van der Waals surface area contributed by atoms with Crippen molar-refractivity contribution in [1.82, 2.24) is 31.9 Å². The molecule has 0 aliphatic carbocycles. The number of unbranched alkanes of at least 4 members (excludes halogenated alkanes) is 16. The Morgan fingerprint density at radius 2 is 0.806 bits per heavy atom. The largest absolute Gasteiger partial charge is 0.465 e. The highest BCUT2D eigenvalue weighted by molar-refractivity contribution is 7.99. The Labute approximate surface area is 434 Å². The number of primary amides is 1. The summed E-state index contributed by atoms with van der Waals surface area (Å²) in [5.74, 6) is -4.87. The predicted molar refractivity (Wildman–Crippen MR) is 284 cm³/mol. The van der Waals surface area contributed by atoms with Crippen LogP contribution in [0.25, 0.3) is 0 Å². The van der Waals surface area contributed by atoms with Crippen molar-refractivity contribution in [2.45, 2.75) is 217 Å². The summed E-state index contributed by atoms with van der Waals surface area (Å²) in [6, 6.07) is -7.19. The van der Waals surface area contributed by atoms with Crippen LogP contribution in [-0.2, 0) is 43.1 Å². The summed E-state index contributed by atoms with van der Waals surface area (Å²) in [6.45, 7) is 4.06. The molecule has 6 atom stereocenters. The van der Waals surface area contributed by atoms with Crippen LogP contribution in [0.3, 0.4) is 0 Å². The highest BCUT2D eigenvalue weighted by Gasteiger charge is 2.33. The summed E-state index contributed by atoms with van der Waals surface area (Å²) in [5.41, 5.74) is 28.3. The van der Waals surface area contributed by atoms with Gasteiger partial charge in [-0.25, -0.2) is 0 Å². The molecule has 0 spiro atoms. The van der Waals surface area contributed by atoms with Gasteiger partial charge in [0.15, 0.2) is 0 Å². The molecule has 0 radical (unpaired) electrons. The zero-order valence-corrected chi connectivity index (χ0v) is 44.7. The smallest absolute Gasteiger partial charge is 0.305 e. The number of hydrogen-bond donors (Lipinski definition) is 12. The number of esters is 1. The quantitative estimate of drug-likeness (QED) is 0.0305. The highest BCUT2D eigenvalue weighted by Crippen LogP contribution is 2.14. The SMILES string of the molecule is CCCCCCCCCCCCCCCC(=O)OCCSC[C@H](NC(C)=O)C(=O)N[C@@H](CO)C(=O)N[C@@H](CCCCN)C(=O)N[C@@H](CCCCN)C(=O)N[C@@H](CCCCN)C(=O)N[C@@H](CCCCN)C(N)=O. The monoisotopic (exact) mass is 1040 g/mol. The molecule has 17 N–H and O–H groups in total. The van der Waals surface area contributed by atoms with E-state index in [1.807, 2.05) is 0 Å². The van der Waals surface area contributed by atoms with E-state index in [2.05, 4.69) is 38.8 Å². The Kier molecular flexibility index (Phi) is 42.9. The maximum absolute atomic E-state index is 14.0. The van der Waals surface area contributed by atoms with Gasteiger partial charge in [0, 0.05) is 24.9 Å². The summed E-state index contributed by atoms with van der Waals surface area (Å²) in [5, 5.41) is 25.9. The summed E-state index contributed by atoms with van der Waals surface area (Å²) in [6.07, 6.45) is 20.7. The van der Waals surface area contributed by atoms with Crippen LogP contribution in [-0.4, -0.2) is 140 Å². The molecule has 0 aliphatic heterocycles. The number of carbonyl (C=O) groups excluding carboxylic acids is 8. The van der Waals surface area contributed by atoms with Gasteiger partial charge in [0.1, 0.15) is 42.9 Å². The Balaban J connectivity index is 5.57. The Morgan fingerprint density at radius 1 is 0.458 bits per heavy atom. The third-order valence-electron chi connectivity index (χ3n) is 12.1. The fourth-order valence-corrected chi connectivity index (χ4v) is 8.66. The van der Waals surface area contributed by atoms with Gasteiger partial charge >= 0.3 is 5.97 Å². The molecule has 21 nitrogen and oxygen atoms in total. The second kappa shape index (κ2) is 45.5. The molecule has 0 fully saturated rings. The van der Waals surface area contributed by atoms with Gasteiger partial charge in [-0.05, 0) is 110 Å². The molecular weight excluding hydrogens is 947 g/mol. The van der Waals surface area contributed by atoms with Gasteiger partial charge in [0.2, 0.25) is 41.4 Å². The molecule has 0 aromatic rings. The number of nitrogens with two attached hydrogens (primary N) is 5. The van der Waals surface area contributed by atoms with Crippen LogP contribution in [0.5, 0.6) is 0 Å². The van der Waals surface area contributed by atoms with E-state index in [0.717, 1.165) is 19.3 Å². The number of carbonyl (C=O) groups is 8. The number of aliphatic hydroxyl groups is 1. The van der Waals surface area contributed by atoms with Crippen molar-refractivity contribution in [3.05, 3.63) is 0 Å². The topological polar surface area (TPSA) is 368 Å². The first-order valence-corrected chi connectivity index (χ1v) is 28.1. The standard InChI is InChI=1S/C50H97N11O10S/c1-3-4-5-6-7-8-9-10-11-12-13-14-15-28-44(64)71-33-34-72-36-43(56-37(2)63)50(70)61-42(35-62)49(69)60-41(27-19-23-32-54)48(68)59-40(26-18-22-31-53)47(67)58-39(25-17-21-30-52)46(66)57-38(45(55)65)24-16-20-29-51/h38-43,62H,3-36,51-54H2,1-2H3,(H2,55,65)(H,56,63)(H,57,66)(H,58,67)(H,59,68)(H,60,69)(H,61,70)/t38-,39-,40-,41-,42-,43-/m0/s1. The second-order valence-electron chi connectivity index (χ2n) is 18.6. The molecular formula is C50H97N11O10S. The van der Waals surface area contributed by atoms with Crippen LogP contribution >= 0.6 is 11.8 Å². The lowest BCUT2D eigenvalue weighted by Crippen LogP contribution is -2.60. The van der Waals surface area contributed by atoms with Gasteiger partial charge in [0.05, 0.1) is 6.61 Å². The van der Waals surface area contributed by atoms with E-state index in [1.54, 1.807) is 0 Å². The van der Waals surface area contributed by atoms with E-state index in [0.29, 0.717) is 89.7 Å². The number of amides is 7. The van der Waals surface area contributed by atoms with E-state index >= 15 is 0 Å². The summed E-state index contributed by atoms with van der Waals surface area (Å²) in [7, 11) is 0. The second-order valence-corrected chi connectivity index (χ2v) is 19.7. The lowest BCUT2D eigenvalue weighted by atomic mass is 10.0. The van der Waals surface area contributed by atoms with Crippen LogP contribution in [0.4, 0.5) is 0 Å². The van der Waals surface area contributed by atoms with E-state index < -0.39 is 84.2 Å². The Bertz CT molecular complexity index is 1520. The lowest BCUT2D eigenvalue weighted by Gasteiger charge is -2.27. The normalized spacial score (nSPS) is 13.7. The molecule has 0 aliphatic rings. The van der Waals surface area contributed by atoms with Crippen LogP contribution in [0.1, 0.15) is 181 Å². The molecule has 0 saturated heterocycles. The lowest BCUT2D eigenvalue weighted by molar-refractivity contribution is -0.143. The molecule has 0 unspecified atom stereocenters. The summed E-state index contributed by atoms with van der Waals surface area (Å²) >= 11 is 1.25. The zero-order valence-electron chi connectivity index (χ0n) is 43.9. The zero-order chi connectivity index (χ0) is 53.8. The fourth-order valence-electron chi connectivity index (χ4n) is 7.82. The van der Waals surface area contributed by atoms with E-state index in [9.17, 15) is 43.5 Å². The molecule has 7 amide bonds. The van der Waals surface area contributed by atoms with Gasteiger partial charge in [-0.15, -0.1) is 0 Å². The van der Waals surface area contributed by atoms with Gasteiger partial charge in [0.25, 0.3) is 0 Å². The molecule has 0 saturated carbocycles. The van der Waals surface area contributed by atoms with Crippen LogP contribution < -0.4 is 60.6 Å². The van der Waals surface area contributed by atoms with Gasteiger partial charge in [-0.3, -0.25) is 38.4 Å². The minimum atomic E-state index is -1.54. The number of thioether (sulfide) groups is 1. The first-order valence-electron chi connectivity index (χ1n) is 26.9. The van der Waals surface area contributed by atoms with Gasteiger partial charge < -0.3 is 70.4 Å². The van der Waals surface area contributed by atoms with Crippen LogP contribution in [0.2, 0.25) is 0 Å². The van der Waals surface area contributed by atoms with E-state index in [-0.39, 0.29) is 44.0 Å². The Morgan fingerprint density at radius 3 is 1.18 bits per heavy atom. The van der Waals surface area contributed by atoms with E-state index in [4.69, 9.17) is 33.4 Å². The average molecular weight is 1040 g/mol. The van der Waals surface area contributed by atoms with Crippen molar-refractivity contribution in [2.75, 3.05) is 50.9 Å². The minimum Gasteiger partial charge on any atom is -0.465 e. The predicted octanol–water partition coefficient (Wildman–Crippen LogP) is 1.67. The molecule has 0 heterocycles. The third-order valence-corrected chi connectivity index (χ3v) is 13.1. The summed E-state index contributed by atoms with van der Waals surface area (Å²) in [4.78, 5) is 105. The third kappa shape index (κ3) is 35.1. The molecule has 0 bridgehead atoms. The highest BCUT2D eigenvalue weighted by atomic mass is 32.2. The molecule has 418 valence electrons. The van der Waals surface area contributed by atoms with Gasteiger partial charge in [-0.1, -0.05) is 84.0 Å². The van der Waals surface area contributed by atoms with Gasteiger partial charge in [-0.2, -0.15) is 11.8 Å². The van der Waals surface area contributed by atoms with Crippen molar-refractivity contribution in [2.24, 2.45) is 28.7 Å². The first-order chi connectivity index (χ1) is 34.7. The van der Waals surface area contributed by atoms with Crippen LogP contribution in [0, 0.1) is 0 Å². The molecule has 0 aromatic carbocycles. The van der Waals surface area contributed by atoms with Crippen LogP contribution in [0.15, 0.2) is 0 Å². The maximum Gasteiger partial charge on any atom is 0.305 e. The number of ether oxygens (including phenoxy) is 1. The molecule has 72 heavy (non-hydrogen) atoms. The fraction of sp³-hybridized carbons (Fsp3) is 0.840. The number of aliphatic hydroxyl groups excluding tert-OH is 1. The van der Waals surface area contributed by atoms with Crippen molar-refractivity contribution >= 4 is 59.1 Å². The Hall–Kier alpha value is -4.09. The molecule has 0 rings (SSSR count). The minimum absolute atomic E-state index is 0.0649. The number of nitrogens with one attached hydrogen (secondary N) is 6.